The highest BCUT2D eigenvalue weighted by atomic mass is 35.5. The van der Waals surface area contributed by atoms with E-state index in [-0.39, 0.29) is 6.61 Å². The Kier molecular flexibility index (Phi) is 6.45. The number of halogens is 1. The Morgan fingerprint density at radius 1 is 1.14 bits per heavy atom. The van der Waals surface area contributed by atoms with E-state index in [1.165, 1.54) is 7.11 Å². The van der Waals surface area contributed by atoms with Gasteiger partial charge in [0.2, 0.25) is 0 Å². The van der Waals surface area contributed by atoms with Gasteiger partial charge in [-0.15, -0.1) is 12.6 Å². The van der Waals surface area contributed by atoms with Crippen molar-refractivity contribution < 1.29 is 18.9 Å². The summed E-state index contributed by atoms with van der Waals surface area (Å²) < 4.78 is 25.0. The summed E-state index contributed by atoms with van der Waals surface area (Å²) in [5.74, 6) is 0. The van der Waals surface area contributed by atoms with Crippen molar-refractivity contribution >= 4 is 24.2 Å². The van der Waals surface area contributed by atoms with Gasteiger partial charge in [-0.25, -0.2) is 0 Å². The van der Waals surface area contributed by atoms with Crippen molar-refractivity contribution in [3.8, 4) is 0 Å². The molecule has 5 rings (SSSR count). The van der Waals surface area contributed by atoms with E-state index in [0.29, 0.717) is 11.3 Å². The summed E-state index contributed by atoms with van der Waals surface area (Å²) in [7, 11) is 1.48. The van der Waals surface area contributed by atoms with Crippen molar-refractivity contribution in [1.82, 2.24) is 9.97 Å². The van der Waals surface area contributed by atoms with Crippen LogP contribution < -0.4 is 0 Å². The van der Waals surface area contributed by atoms with Gasteiger partial charge >= 0.3 is 0 Å². The molecule has 2 aromatic heterocycles. The fourth-order valence-corrected chi connectivity index (χ4v) is 5.99. The van der Waals surface area contributed by atoms with Crippen LogP contribution >= 0.6 is 24.2 Å². The number of benzene rings is 1. The molecule has 0 radical (unpaired) electrons. The highest BCUT2D eigenvalue weighted by Crippen LogP contribution is 2.62. The van der Waals surface area contributed by atoms with Crippen LogP contribution in [0.3, 0.4) is 0 Å². The lowest BCUT2D eigenvalue weighted by atomic mass is 9.66. The highest BCUT2D eigenvalue weighted by molar-refractivity contribution is 7.80. The molecule has 6 atom stereocenters. The van der Waals surface area contributed by atoms with Crippen LogP contribution in [-0.2, 0) is 30.1 Å². The molecule has 180 valence electrons. The monoisotopic (exact) mass is 511 g/mol. The van der Waals surface area contributed by atoms with Gasteiger partial charge in [0.05, 0.1) is 12.3 Å². The number of rotatable bonds is 5. The molecule has 0 aliphatic carbocycles. The molecule has 11 heteroatoms. The number of methoxy groups -OCH3 is 1. The topological polar surface area (TPSA) is 111 Å². The van der Waals surface area contributed by atoms with Crippen molar-refractivity contribution in [3.05, 3.63) is 107 Å². The molecular formula is C24H22ClN5O4S. The fraction of sp³-hybridized carbons (Fsp3) is 0.333. The van der Waals surface area contributed by atoms with E-state index >= 15 is 0 Å². The SMILES string of the molecule is CO[C@@]1(c2ccccn2)[C@@H](S)O[C@@]2(Cl)COC(c3ccccc3)O[C@@H]2C1(N=[N+]=[N-])c1cccnc1. The molecule has 0 bridgehead atoms. The summed E-state index contributed by atoms with van der Waals surface area (Å²) in [4.78, 5) is 12.1. The zero-order valence-corrected chi connectivity index (χ0v) is 20.3. The van der Waals surface area contributed by atoms with Gasteiger partial charge in [-0.3, -0.25) is 9.97 Å². The number of alkyl halides is 1. The van der Waals surface area contributed by atoms with Gasteiger partial charge in [0, 0.05) is 36.2 Å². The standard InChI is InChI=1S/C24H22ClN5O4S/c1-31-24(18-11-5-6-13-28-18)21(35)34-22(25)15-32-19(16-8-3-2-4-9-16)33-20(22)23(24,29-30-26)17-10-7-12-27-14-17/h2-14,19-21,35H,15H2,1H3/t19?,20-,21+,22-,23?,24-/m0/s1. The number of pyridine rings is 2. The number of hydrogen-bond acceptors (Lipinski definition) is 8. The second-order valence-corrected chi connectivity index (χ2v) is 9.29. The Labute approximate surface area is 212 Å². The molecule has 2 saturated heterocycles. The van der Waals surface area contributed by atoms with Gasteiger partial charge in [0.25, 0.3) is 0 Å². The smallest absolute Gasteiger partial charge is 0.193 e. The average molecular weight is 512 g/mol. The van der Waals surface area contributed by atoms with E-state index in [4.69, 9.17) is 43.2 Å². The summed E-state index contributed by atoms with van der Waals surface area (Å²) in [6.45, 7) is -0.0686. The Balaban J connectivity index is 1.80. The summed E-state index contributed by atoms with van der Waals surface area (Å²) in [5, 5.41) is 2.81. The van der Waals surface area contributed by atoms with Gasteiger partial charge in [0.1, 0.15) is 17.1 Å². The molecule has 2 unspecified atom stereocenters. The molecule has 0 N–H and O–H groups in total. The number of nitrogens with zero attached hydrogens (tertiary/aromatic N) is 5. The highest BCUT2D eigenvalue weighted by Gasteiger charge is 2.74. The van der Waals surface area contributed by atoms with Crippen molar-refractivity contribution in [2.24, 2.45) is 5.11 Å². The van der Waals surface area contributed by atoms with Crippen LogP contribution in [0.15, 0.2) is 84.4 Å². The first kappa shape index (κ1) is 24.0. The van der Waals surface area contributed by atoms with Crippen LogP contribution in [0.2, 0.25) is 0 Å². The number of azide groups is 1. The van der Waals surface area contributed by atoms with Crippen molar-refractivity contribution in [1.29, 1.82) is 0 Å². The molecule has 2 fully saturated rings. The maximum atomic E-state index is 9.93. The largest absolute Gasteiger partial charge is 0.367 e. The first-order valence-corrected chi connectivity index (χ1v) is 11.7. The van der Waals surface area contributed by atoms with Crippen LogP contribution in [0.4, 0.5) is 0 Å². The van der Waals surface area contributed by atoms with Crippen molar-refractivity contribution in [2.75, 3.05) is 13.7 Å². The third-order valence-corrected chi connectivity index (χ3v) is 7.29. The second-order valence-electron chi connectivity index (χ2n) is 8.18. The Morgan fingerprint density at radius 2 is 1.94 bits per heavy atom. The molecule has 0 amide bonds. The van der Waals surface area contributed by atoms with E-state index in [9.17, 15) is 5.53 Å². The molecule has 0 saturated carbocycles. The summed E-state index contributed by atoms with van der Waals surface area (Å²) >= 11 is 11.8. The average Bonchev–Trinajstić information content (AvgIpc) is 2.90. The summed E-state index contributed by atoms with van der Waals surface area (Å²) in [5.41, 5.74) is 7.36. The lowest BCUT2D eigenvalue weighted by Crippen LogP contribution is -2.74. The van der Waals surface area contributed by atoms with Gasteiger partial charge in [0.15, 0.2) is 17.0 Å². The Hall–Kier alpha value is -2.69. The lowest BCUT2D eigenvalue weighted by Gasteiger charge is -2.61. The van der Waals surface area contributed by atoms with Gasteiger partial charge in [-0.2, -0.15) is 0 Å². The summed E-state index contributed by atoms with van der Waals surface area (Å²) in [6, 6.07) is 18.2. The van der Waals surface area contributed by atoms with E-state index in [2.05, 4.69) is 20.0 Å². The van der Waals surface area contributed by atoms with Crippen LogP contribution in [0, 0.1) is 0 Å². The molecule has 9 nitrogen and oxygen atoms in total. The summed E-state index contributed by atoms with van der Waals surface area (Å²) in [6.07, 6.45) is 2.91. The van der Waals surface area contributed by atoms with Crippen molar-refractivity contribution in [3.63, 3.8) is 0 Å². The van der Waals surface area contributed by atoms with Crippen molar-refractivity contribution in [2.45, 2.75) is 34.0 Å². The maximum absolute atomic E-state index is 9.93. The Bertz CT molecular complexity index is 1220. The third kappa shape index (κ3) is 3.61. The Morgan fingerprint density at radius 3 is 2.60 bits per heavy atom. The van der Waals surface area contributed by atoms with Crippen LogP contribution in [0.1, 0.15) is 23.1 Å². The molecule has 2 aliphatic rings. The first-order chi connectivity index (χ1) is 17.0. The molecular weight excluding hydrogens is 490 g/mol. The number of thiol groups is 1. The molecule has 3 aromatic rings. The second kappa shape index (κ2) is 9.40. The molecule has 0 spiro atoms. The lowest BCUT2D eigenvalue weighted by molar-refractivity contribution is -0.355. The molecule has 4 heterocycles. The number of hydrogen-bond donors (Lipinski definition) is 1. The molecule has 35 heavy (non-hydrogen) atoms. The normalized spacial score (nSPS) is 34.4. The minimum atomic E-state index is -1.65. The van der Waals surface area contributed by atoms with E-state index in [1.54, 1.807) is 48.9 Å². The van der Waals surface area contributed by atoms with Crippen LogP contribution in [-0.4, -0.2) is 40.3 Å². The molecule has 1 aromatic carbocycles. The van der Waals surface area contributed by atoms with E-state index in [0.717, 1.165) is 5.56 Å². The number of fused-ring (bicyclic) bond motifs is 1. The van der Waals surface area contributed by atoms with Gasteiger partial charge in [-0.05, 0) is 29.3 Å². The van der Waals surface area contributed by atoms with E-state index < -0.39 is 34.0 Å². The number of aromatic nitrogens is 2. The van der Waals surface area contributed by atoms with Gasteiger partial charge < -0.3 is 18.9 Å². The zero-order chi connectivity index (χ0) is 24.5. The minimum absolute atomic E-state index is 0.0686. The maximum Gasteiger partial charge on any atom is 0.193 e. The predicted molar refractivity (Wildman–Crippen MR) is 130 cm³/mol. The zero-order valence-electron chi connectivity index (χ0n) is 18.6. The van der Waals surface area contributed by atoms with Crippen LogP contribution in [0.25, 0.3) is 10.4 Å². The first-order valence-electron chi connectivity index (χ1n) is 10.8. The van der Waals surface area contributed by atoms with E-state index in [1.807, 2.05) is 30.3 Å². The fourth-order valence-electron chi connectivity index (χ4n) is 4.95. The minimum Gasteiger partial charge on any atom is -0.367 e. The third-order valence-electron chi connectivity index (χ3n) is 6.43. The molecule has 2 aliphatic heterocycles. The quantitative estimate of drug-likeness (QED) is 0.172. The predicted octanol–water partition coefficient (Wildman–Crippen LogP) is 4.86. The van der Waals surface area contributed by atoms with Gasteiger partial charge in [-0.1, -0.05) is 59.2 Å². The van der Waals surface area contributed by atoms with Crippen LogP contribution in [0.5, 0.6) is 0 Å². The number of ether oxygens (including phenoxy) is 4.